The number of hydrogen-bond acceptors (Lipinski definition) is 2. The maximum absolute atomic E-state index is 10.6. The summed E-state index contributed by atoms with van der Waals surface area (Å²) in [5, 5.41) is 1.22. The lowest BCUT2D eigenvalue weighted by Crippen LogP contribution is -2.31. The normalized spacial score (nSPS) is 18.0. The van der Waals surface area contributed by atoms with Crippen LogP contribution in [0.4, 0.5) is 0 Å². The van der Waals surface area contributed by atoms with Crippen molar-refractivity contribution in [3.05, 3.63) is 320 Å². The molecule has 0 N–H and O–H groups in total. The van der Waals surface area contributed by atoms with Gasteiger partial charge >= 0.3 is 0 Å². The second kappa shape index (κ2) is 21.9. The third-order valence-corrected chi connectivity index (χ3v) is 14.3. The fourth-order valence-corrected chi connectivity index (χ4v) is 10.5. The van der Waals surface area contributed by atoms with E-state index in [9.17, 15) is 17.8 Å². The van der Waals surface area contributed by atoms with Crippen molar-refractivity contribution in [2.75, 3.05) is 0 Å². The molecule has 0 amide bonds. The van der Waals surface area contributed by atoms with Crippen LogP contribution in [0, 0.1) is 26.9 Å². The van der Waals surface area contributed by atoms with E-state index in [1.165, 1.54) is 71.3 Å². The first-order valence-corrected chi connectivity index (χ1v) is 26.3. The number of pyridine rings is 1. The monoisotopic (exact) mass is 1140 g/mol. The number of ether oxygens (including phenoxy) is 1. The van der Waals surface area contributed by atoms with Gasteiger partial charge in [0.25, 0.3) is 6.33 Å². The Bertz CT molecular complexity index is 6890. The van der Waals surface area contributed by atoms with E-state index in [2.05, 4.69) is 11.3 Å². The van der Waals surface area contributed by atoms with Gasteiger partial charge < -0.3 is 4.74 Å². The van der Waals surface area contributed by atoms with Crippen LogP contribution < -0.4 is 9.30 Å². The van der Waals surface area contributed by atoms with E-state index >= 15 is 0 Å². The molecule has 3 aromatic heterocycles. The lowest BCUT2D eigenvalue weighted by atomic mass is 9.88. The Morgan fingerprint density at radius 1 is 0.419 bits per heavy atom. The zero-order valence-electron chi connectivity index (χ0n) is 81.3. The Morgan fingerprint density at radius 3 is 1.63 bits per heavy atom. The Kier molecular flexibility index (Phi) is 6.56. The van der Waals surface area contributed by atoms with Gasteiger partial charge in [0, 0.05) is 40.9 Å². The van der Waals surface area contributed by atoms with Crippen molar-refractivity contribution in [3.63, 3.8) is 0 Å². The number of rotatable bonds is 12. The Balaban J connectivity index is 1.07. The Hall–Kier alpha value is -11.1. The van der Waals surface area contributed by atoms with E-state index < -0.39 is 273 Å². The minimum absolute atomic E-state index is 0.00713. The molecule has 12 aromatic carbocycles. The molecule has 0 atom stereocenters. The van der Waals surface area contributed by atoms with Gasteiger partial charge in [0.2, 0.25) is 0 Å². The van der Waals surface area contributed by atoms with Crippen molar-refractivity contribution in [2.45, 2.75) is 20.6 Å². The summed E-state index contributed by atoms with van der Waals surface area (Å²) < 4.78 is 346. The van der Waals surface area contributed by atoms with Crippen LogP contribution in [0.3, 0.4) is 0 Å². The standard InChI is InChI=1S/C81H58N4O/c1-54-23-21-24-55(2)80(54)62-39-42-76-78(49-62)83(67-35-22-36-68(50-67)86-69-40-41-71-70-37-19-20-38-75(70)85(77(71)51-69)79-43-56(3)74(52-82-79)61-33-17-8-18-34-61)53-84(76)81-72(60-31-15-7-16-32-60)47-65(59-29-13-6-14-30-59)48-73(81)66-45-63(57-25-9-4-10-26-57)44-64(46-66)58-27-11-5-12-28-58/h4-52H,1-3H3/i1D3,2D3,3D3,4D,5D,6D,7D,8D,9D,10D,11D,12D,13D,14D,15D,16D,17D,18D,25D,26D,27D,28D,29D,30D,31D,32D,33D,34D,44D,45D,46D. The summed E-state index contributed by atoms with van der Waals surface area (Å²) in [6.45, 7) is -9.04. The van der Waals surface area contributed by atoms with Gasteiger partial charge in [-0.2, -0.15) is 0 Å². The van der Waals surface area contributed by atoms with Crippen LogP contribution in [-0.4, -0.2) is 14.1 Å². The summed E-state index contributed by atoms with van der Waals surface area (Å²) in [5.74, 6) is 0.115. The quantitative estimate of drug-likeness (QED) is 0.0903. The lowest BCUT2D eigenvalue weighted by molar-refractivity contribution is -0.571. The maximum Gasteiger partial charge on any atom is 0.269 e. The van der Waals surface area contributed by atoms with Crippen LogP contribution in [-0.2, 0) is 0 Å². The molecule has 5 nitrogen and oxygen atoms in total. The molecule has 0 radical (unpaired) electrons. The number of hydrogen-bond donors (Lipinski definition) is 0. The van der Waals surface area contributed by atoms with Gasteiger partial charge in [-0.3, -0.25) is 13.7 Å². The number of nitrogens with zero attached hydrogens (tertiary/aromatic N) is 4. The third-order valence-electron chi connectivity index (χ3n) is 14.3. The summed E-state index contributed by atoms with van der Waals surface area (Å²) in [4.78, 5) is 4.68. The van der Waals surface area contributed by atoms with Crippen LogP contribution >= 0.6 is 0 Å². The van der Waals surface area contributed by atoms with Crippen LogP contribution in [0.2, 0.25) is 0 Å². The summed E-state index contributed by atoms with van der Waals surface area (Å²) >= 11 is 0. The van der Waals surface area contributed by atoms with Gasteiger partial charge in [-0.25, -0.2) is 4.98 Å². The molecule has 3 heterocycles. The number of imidazole rings is 1. The molecule has 15 aromatic rings. The van der Waals surface area contributed by atoms with E-state index in [0.29, 0.717) is 21.8 Å². The molecular weight excluding hydrogens is 1040 g/mol. The Morgan fingerprint density at radius 2 is 0.977 bits per heavy atom. The number of aryl methyl sites for hydroxylation is 3. The second-order valence-electron chi connectivity index (χ2n) is 19.3. The molecule has 15 rings (SSSR count). The predicted molar refractivity (Wildman–Crippen MR) is 355 cm³/mol. The molecule has 0 aliphatic rings. The lowest BCUT2D eigenvalue weighted by Gasteiger charge is -2.21. The molecule has 0 spiro atoms. The number of aromatic nitrogens is 4. The van der Waals surface area contributed by atoms with Gasteiger partial charge in [0.1, 0.15) is 17.3 Å². The highest BCUT2D eigenvalue weighted by molar-refractivity contribution is 6.09. The highest BCUT2D eigenvalue weighted by Gasteiger charge is 2.24. The van der Waals surface area contributed by atoms with Crippen molar-refractivity contribution in [1.29, 1.82) is 0 Å². The maximum atomic E-state index is 10.6. The molecule has 0 saturated heterocycles. The van der Waals surface area contributed by atoms with E-state index in [0.717, 1.165) is 22.9 Å². The highest BCUT2D eigenvalue weighted by atomic mass is 16.5. The van der Waals surface area contributed by atoms with E-state index in [4.69, 9.17) is 37.6 Å². The van der Waals surface area contributed by atoms with E-state index in [1.807, 2.05) is 0 Å². The topological polar surface area (TPSA) is 35.9 Å². The van der Waals surface area contributed by atoms with Gasteiger partial charge in [-0.1, -0.05) is 206 Å². The fraction of sp³-hybridized carbons (Fsp3) is 0.0370. The van der Waals surface area contributed by atoms with Crippen molar-refractivity contribution in [2.24, 2.45) is 0 Å². The van der Waals surface area contributed by atoms with Crippen molar-refractivity contribution in [3.8, 4) is 107 Å². The predicted octanol–water partition coefficient (Wildman–Crippen LogP) is 20.6. The van der Waals surface area contributed by atoms with Crippen LogP contribution in [0.15, 0.2) is 297 Å². The molecule has 86 heavy (non-hydrogen) atoms. The van der Waals surface area contributed by atoms with Gasteiger partial charge in [0.15, 0.2) is 0 Å². The van der Waals surface area contributed by atoms with Crippen molar-refractivity contribution >= 4 is 32.8 Å². The molecule has 0 fully saturated rings. The first-order chi connectivity index (χ1) is 57.6. The van der Waals surface area contributed by atoms with Crippen molar-refractivity contribution in [1.82, 2.24) is 14.1 Å². The average Bonchev–Trinajstić information content (AvgIpc) is 1.70. The minimum atomic E-state index is -3.03. The average molecular weight is 1140 g/mol. The number of benzene rings is 12. The van der Waals surface area contributed by atoms with E-state index in [-0.39, 0.29) is 50.7 Å². The largest absolute Gasteiger partial charge is 0.458 e. The molecule has 408 valence electrons. The Labute approximate surface area is 553 Å². The van der Waals surface area contributed by atoms with E-state index in [1.54, 1.807) is 47.0 Å². The summed E-state index contributed by atoms with van der Waals surface area (Å²) in [5.41, 5.74) is -10.3. The third kappa shape index (κ3) is 9.51. The van der Waals surface area contributed by atoms with Crippen LogP contribution in [0.1, 0.15) is 67.4 Å². The second-order valence-corrected chi connectivity index (χ2v) is 19.3. The summed E-state index contributed by atoms with van der Waals surface area (Å²) in [6.07, 6.45) is 4.36. The van der Waals surface area contributed by atoms with Gasteiger partial charge in [0.05, 0.1) is 71.8 Å². The number of para-hydroxylation sites is 1. The molecule has 0 unspecified atom stereocenters. The number of fused-ring (bicyclic) bond motifs is 4. The fourth-order valence-electron chi connectivity index (χ4n) is 10.5. The zero-order valence-corrected chi connectivity index (χ0v) is 44.3. The molecule has 0 aliphatic carbocycles. The van der Waals surface area contributed by atoms with Crippen LogP contribution in [0.5, 0.6) is 11.5 Å². The summed E-state index contributed by atoms with van der Waals surface area (Å²) in [7, 11) is 0. The molecule has 0 aliphatic heterocycles. The highest BCUT2D eigenvalue weighted by Crippen LogP contribution is 2.43. The van der Waals surface area contributed by atoms with Crippen LogP contribution in [0.25, 0.3) is 128 Å². The van der Waals surface area contributed by atoms with Gasteiger partial charge in [-0.05, 0) is 188 Å². The summed E-state index contributed by atoms with van der Waals surface area (Å²) in [6, 6.07) is 1.92. The molecule has 0 saturated carbocycles. The first-order valence-electron chi connectivity index (χ1n) is 44.8. The molecular formula is C81H58N4O. The molecule has 5 heteroatoms. The molecule has 0 bridgehead atoms. The SMILES string of the molecule is [2H]c1c([2H])c([2H])c(-c2cc(-c3c([2H])c([2H])c([2H])c([2H])c3[2H])c(-[n+]3[c-]n(-c4cccc(Oc5ccc6c7ccccc7n(-c7cc(C([2H])([2H])[2H])c(-c8c([2H])c([2H])c([2H])c([2H])c8[2H])cn7)c6c5)c4)c4cc(-c5c(C([2H])([2H])[2H])cccc5C([2H])([2H])[2H])ccc43)c(-c3c([2H])c(-c4c([2H])c([2H])c([2H])c([2H])c4[2H])c([2H])c(-c4c([2H])c([2H])c([2H])c([2H])c4[2H])c3[2H])c2)c([2H])c1[2H]. The van der Waals surface area contributed by atoms with Crippen molar-refractivity contribution < 1.29 is 60.0 Å². The minimum Gasteiger partial charge on any atom is -0.458 e. The van der Waals surface area contributed by atoms with Gasteiger partial charge in [-0.15, -0.1) is 0 Å². The smallest absolute Gasteiger partial charge is 0.269 e. The first kappa shape index (κ1) is 25.8. The zero-order chi connectivity index (χ0) is 89.5.